The summed E-state index contributed by atoms with van der Waals surface area (Å²) in [6, 6.07) is 0. The minimum absolute atomic E-state index is 0.116. The van der Waals surface area contributed by atoms with Crippen molar-refractivity contribution in [2.75, 3.05) is 13.1 Å². The van der Waals surface area contributed by atoms with Crippen molar-refractivity contribution in [2.45, 2.75) is 70.8 Å². The van der Waals surface area contributed by atoms with Crippen molar-refractivity contribution in [1.29, 1.82) is 0 Å². The van der Waals surface area contributed by atoms with Crippen LogP contribution in [-0.2, 0) is 19.4 Å². The lowest BCUT2D eigenvalue weighted by Crippen LogP contribution is -2.21. The third kappa shape index (κ3) is 2.69. The minimum Gasteiger partial charge on any atom is -0.317 e. The first-order valence-corrected chi connectivity index (χ1v) is 9.64. The molecule has 1 fully saturated rings. The Balaban J connectivity index is 1.79. The number of fused-ring (bicyclic) bond motifs is 3. The van der Waals surface area contributed by atoms with Gasteiger partial charge < -0.3 is 10.3 Å². The standard InChI is InChI=1S/C19H28N4O/c1-2-20-11-6-12-23-18-16(17(22-23)13-7-5-8-13)14-9-3-4-10-15(14)19(24)21-18/h13,20H,2-12H2,1H3,(H,21,24). The van der Waals surface area contributed by atoms with Gasteiger partial charge in [-0.25, -0.2) is 4.68 Å². The molecule has 2 aliphatic rings. The van der Waals surface area contributed by atoms with Crippen molar-refractivity contribution in [3.05, 3.63) is 27.2 Å². The number of hydrogen-bond donors (Lipinski definition) is 2. The lowest BCUT2D eigenvalue weighted by atomic mass is 9.80. The molecule has 5 nitrogen and oxygen atoms in total. The zero-order valence-electron chi connectivity index (χ0n) is 14.7. The first-order valence-electron chi connectivity index (χ1n) is 9.64. The van der Waals surface area contributed by atoms with E-state index in [1.807, 2.05) is 0 Å². The number of aryl methyl sites for hydroxylation is 2. The van der Waals surface area contributed by atoms with E-state index in [1.165, 1.54) is 42.3 Å². The minimum atomic E-state index is 0.116. The predicted molar refractivity (Wildman–Crippen MR) is 96.7 cm³/mol. The molecule has 0 atom stereocenters. The molecule has 24 heavy (non-hydrogen) atoms. The summed E-state index contributed by atoms with van der Waals surface area (Å²) >= 11 is 0. The van der Waals surface area contributed by atoms with Crippen LogP contribution in [0.1, 0.15) is 68.2 Å². The van der Waals surface area contributed by atoms with Gasteiger partial charge in [-0.05, 0) is 63.6 Å². The number of nitrogens with one attached hydrogen (secondary N) is 2. The van der Waals surface area contributed by atoms with E-state index in [2.05, 4.69) is 21.9 Å². The second-order valence-corrected chi connectivity index (χ2v) is 7.29. The summed E-state index contributed by atoms with van der Waals surface area (Å²) in [4.78, 5) is 15.7. The van der Waals surface area contributed by atoms with Crippen molar-refractivity contribution < 1.29 is 0 Å². The molecular weight excluding hydrogens is 300 g/mol. The molecule has 4 rings (SSSR count). The van der Waals surface area contributed by atoms with E-state index in [1.54, 1.807) is 0 Å². The van der Waals surface area contributed by atoms with Crippen molar-refractivity contribution in [3.8, 4) is 0 Å². The van der Waals surface area contributed by atoms with E-state index in [9.17, 15) is 4.79 Å². The summed E-state index contributed by atoms with van der Waals surface area (Å²) in [7, 11) is 0. The highest BCUT2D eigenvalue weighted by molar-refractivity contribution is 5.84. The van der Waals surface area contributed by atoms with E-state index in [-0.39, 0.29) is 5.56 Å². The quantitative estimate of drug-likeness (QED) is 0.802. The van der Waals surface area contributed by atoms with E-state index in [0.717, 1.165) is 56.5 Å². The van der Waals surface area contributed by atoms with Crippen molar-refractivity contribution in [1.82, 2.24) is 20.1 Å². The molecular formula is C19H28N4O. The largest absolute Gasteiger partial charge is 0.317 e. The molecule has 0 bridgehead atoms. The summed E-state index contributed by atoms with van der Waals surface area (Å²) in [5.41, 5.74) is 4.68. The maximum atomic E-state index is 12.6. The molecule has 2 N–H and O–H groups in total. The van der Waals surface area contributed by atoms with Crippen LogP contribution >= 0.6 is 0 Å². The Kier molecular flexibility index (Phi) is 4.44. The highest BCUT2D eigenvalue weighted by atomic mass is 16.1. The molecule has 0 aliphatic heterocycles. The topological polar surface area (TPSA) is 62.7 Å². The number of pyridine rings is 1. The number of H-pyrrole nitrogens is 1. The van der Waals surface area contributed by atoms with Gasteiger partial charge in [0.05, 0.1) is 5.69 Å². The fourth-order valence-electron chi connectivity index (χ4n) is 4.18. The molecule has 0 radical (unpaired) electrons. The Morgan fingerprint density at radius 2 is 2.00 bits per heavy atom. The SMILES string of the molecule is CCNCCCn1nc(C2CCC2)c2c3c(c(=O)[nH]c21)CCCC3. The van der Waals surface area contributed by atoms with E-state index in [4.69, 9.17) is 5.10 Å². The van der Waals surface area contributed by atoms with Gasteiger partial charge in [-0.15, -0.1) is 0 Å². The Hall–Kier alpha value is -1.62. The Morgan fingerprint density at radius 3 is 2.71 bits per heavy atom. The maximum absolute atomic E-state index is 12.6. The average Bonchev–Trinajstić information content (AvgIpc) is 2.89. The summed E-state index contributed by atoms with van der Waals surface area (Å²) < 4.78 is 2.07. The molecule has 0 aromatic carbocycles. The Morgan fingerprint density at radius 1 is 1.21 bits per heavy atom. The molecule has 0 amide bonds. The number of aromatic amines is 1. The van der Waals surface area contributed by atoms with Gasteiger partial charge in [0.1, 0.15) is 5.65 Å². The molecule has 0 spiro atoms. The summed E-state index contributed by atoms with van der Waals surface area (Å²) in [6.07, 6.45) is 9.14. The van der Waals surface area contributed by atoms with Crippen LogP contribution in [0.15, 0.2) is 4.79 Å². The summed E-state index contributed by atoms with van der Waals surface area (Å²) in [6.45, 7) is 4.98. The molecule has 0 saturated heterocycles. The molecule has 2 aromatic rings. The van der Waals surface area contributed by atoms with Crippen LogP contribution in [0.5, 0.6) is 0 Å². The number of nitrogens with zero attached hydrogens (tertiary/aromatic N) is 2. The molecule has 2 aromatic heterocycles. The molecule has 2 aliphatic carbocycles. The van der Waals surface area contributed by atoms with Crippen molar-refractivity contribution in [2.24, 2.45) is 0 Å². The average molecular weight is 328 g/mol. The predicted octanol–water partition coefficient (Wildman–Crippen LogP) is 2.87. The lowest BCUT2D eigenvalue weighted by molar-refractivity contribution is 0.406. The van der Waals surface area contributed by atoms with E-state index < -0.39 is 0 Å². The highest BCUT2D eigenvalue weighted by Crippen LogP contribution is 2.40. The number of hydrogen-bond acceptors (Lipinski definition) is 3. The van der Waals surface area contributed by atoms with Crippen LogP contribution in [0.4, 0.5) is 0 Å². The second-order valence-electron chi connectivity index (χ2n) is 7.29. The van der Waals surface area contributed by atoms with Crippen LogP contribution in [0.2, 0.25) is 0 Å². The van der Waals surface area contributed by atoms with Gasteiger partial charge in [0.15, 0.2) is 0 Å². The van der Waals surface area contributed by atoms with Gasteiger partial charge in [0.25, 0.3) is 5.56 Å². The van der Waals surface area contributed by atoms with Gasteiger partial charge in [-0.2, -0.15) is 5.10 Å². The van der Waals surface area contributed by atoms with Crippen LogP contribution in [0, 0.1) is 0 Å². The Bertz CT molecular complexity index is 785. The smallest absolute Gasteiger partial charge is 0.253 e. The van der Waals surface area contributed by atoms with Gasteiger partial charge in [-0.3, -0.25) is 4.79 Å². The van der Waals surface area contributed by atoms with E-state index >= 15 is 0 Å². The molecule has 5 heteroatoms. The summed E-state index contributed by atoms with van der Waals surface area (Å²) in [5, 5.41) is 9.63. The molecule has 2 heterocycles. The normalized spacial score (nSPS) is 17.9. The van der Waals surface area contributed by atoms with Gasteiger partial charge >= 0.3 is 0 Å². The number of aromatic nitrogens is 3. The fraction of sp³-hybridized carbons (Fsp3) is 0.684. The number of rotatable bonds is 6. The Labute approximate surface area is 142 Å². The molecule has 0 unspecified atom stereocenters. The van der Waals surface area contributed by atoms with Gasteiger partial charge in [0, 0.05) is 23.4 Å². The first kappa shape index (κ1) is 15.9. The monoisotopic (exact) mass is 328 g/mol. The third-order valence-electron chi connectivity index (χ3n) is 5.72. The first-order chi connectivity index (χ1) is 11.8. The van der Waals surface area contributed by atoms with Crippen LogP contribution in [0.3, 0.4) is 0 Å². The van der Waals surface area contributed by atoms with Crippen molar-refractivity contribution >= 4 is 11.0 Å². The fourth-order valence-corrected chi connectivity index (χ4v) is 4.18. The van der Waals surface area contributed by atoms with Crippen LogP contribution in [0.25, 0.3) is 11.0 Å². The van der Waals surface area contributed by atoms with Crippen LogP contribution in [-0.4, -0.2) is 27.9 Å². The summed E-state index contributed by atoms with van der Waals surface area (Å²) in [5.74, 6) is 0.597. The lowest BCUT2D eigenvalue weighted by Gasteiger charge is -2.25. The maximum Gasteiger partial charge on any atom is 0.253 e. The zero-order valence-corrected chi connectivity index (χ0v) is 14.7. The van der Waals surface area contributed by atoms with Gasteiger partial charge in [0.2, 0.25) is 0 Å². The third-order valence-corrected chi connectivity index (χ3v) is 5.72. The zero-order chi connectivity index (χ0) is 16.5. The molecule has 1 saturated carbocycles. The second kappa shape index (κ2) is 6.71. The molecule has 130 valence electrons. The van der Waals surface area contributed by atoms with E-state index in [0.29, 0.717) is 5.92 Å². The van der Waals surface area contributed by atoms with Gasteiger partial charge in [-0.1, -0.05) is 13.3 Å². The van der Waals surface area contributed by atoms with Crippen molar-refractivity contribution in [3.63, 3.8) is 0 Å². The highest BCUT2D eigenvalue weighted by Gasteiger charge is 2.29. The van der Waals surface area contributed by atoms with Crippen LogP contribution < -0.4 is 10.9 Å².